The van der Waals surface area contributed by atoms with E-state index < -0.39 is 0 Å². The van der Waals surface area contributed by atoms with Gasteiger partial charge in [-0.15, -0.1) is 0 Å². The Morgan fingerprint density at radius 1 is 0.451 bits per heavy atom. The second kappa shape index (κ2) is 12.8. The summed E-state index contributed by atoms with van der Waals surface area (Å²) in [5.41, 5.74) is 11.6. The van der Waals surface area contributed by atoms with Crippen LogP contribution in [-0.2, 0) is 0 Å². The lowest BCUT2D eigenvalue weighted by molar-refractivity contribution is 1.07. The number of para-hydroxylation sites is 1. The van der Waals surface area contributed by atoms with Crippen molar-refractivity contribution in [1.29, 1.82) is 5.41 Å². The Bertz CT molecular complexity index is 2680. The molecule has 1 aromatic heterocycles. The van der Waals surface area contributed by atoms with Gasteiger partial charge in [0, 0.05) is 22.3 Å². The summed E-state index contributed by atoms with van der Waals surface area (Å²) in [6.45, 7) is 0. The molecule has 6 nitrogen and oxygen atoms in total. The zero-order valence-corrected chi connectivity index (χ0v) is 27.5. The van der Waals surface area contributed by atoms with E-state index in [1.54, 1.807) is 0 Å². The number of nitrogens with zero attached hydrogens (tertiary/aromatic N) is 4. The molecule has 0 saturated carbocycles. The van der Waals surface area contributed by atoms with Crippen LogP contribution in [0.2, 0.25) is 0 Å². The van der Waals surface area contributed by atoms with E-state index in [1.165, 1.54) is 5.39 Å². The third-order valence-corrected chi connectivity index (χ3v) is 9.19. The normalized spacial score (nSPS) is 13.1. The fourth-order valence-electron chi connectivity index (χ4n) is 6.56. The number of allylic oxidation sites excluding steroid dienone is 1. The maximum Gasteiger partial charge on any atom is 0.164 e. The molecule has 0 atom stereocenters. The van der Waals surface area contributed by atoms with E-state index in [9.17, 15) is 5.41 Å². The van der Waals surface area contributed by atoms with Crippen LogP contribution in [0.4, 0.5) is 5.69 Å². The van der Waals surface area contributed by atoms with Crippen LogP contribution in [-0.4, -0.2) is 26.4 Å². The maximum absolute atomic E-state index is 9.18. The van der Waals surface area contributed by atoms with E-state index >= 15 is 0 Å². The number of rotatable bonds is 6. The first-order chi connectivity index (χ1) is 25.2. The monoisotopic (exact) mass is 654 g/mol. The SMILES string of the molecule is N=C1/C(=N\Nc2ccccc2)C=Cc2ccc3ccc(-c4cccc(-c5nc(-c6ccccc6)nc(-c6ccc7ccccc7c6)n5)c4)cc3c21. The van der Waals surface area contributed by atoms with E-state index in [2.05, 4.69) is 83.3 Å². The molecular formula is C45H30N6. The van der Waals surface area contributed by atoms with Crippen LogP contribution < -0.4 is 5.43 Å². The van der Waals surface area contributed by atoms with Crippen molar-refractivity contribution in [2.45, 2.75) is 0 Å². The fourth-order valence-corrected chi connectivity index (χ4v) is 6.56. The number of fused-ring (bicyclic) bond motifs is 4. The van der Waals surface area contributed by atoms with Crippen LogP contribution in [0.25, 0.3) is 72.9 Å². The van der Waals surface area contributed by atoms with Gasteiger partial charge >= 0.3 is 0 Å². The predicted octanol–water partition coefficient (Wildman–Crippen LogP) is 10.7. The van der Waals surface area contributed by atoms with Crippen molar-refractivity contribution < 1.29 is 0 Å². The minimum absolute atomic E-state index is 0.382. The van der Waals surface area contributed by atoms with Crippen molar-refractivity contribution in [1.82, 2.24) is 15.0 Å². The summed E-state index contributed by atoms with van der Waals surface area (Å²) in [7, 11) is 0. The first-order valence-electron chi connectivity index (χ1n) is 16.8. The van der Waals surface area contributed by atoms with Crippen molar-refractivity contribution in [3.63, 3.8) is 0 Å². The van der Waals surface area contributed by atoms with E-state index in [0.29, 0.717) is 28.9 Å². The number of nitrogens with one attached hydrogen (secondary N) is 2. The minimum Gasteiger partial charge on any atom is -0.298 e. The standard InChI is InChI=1S/C45H30N6/c46-42-40(51-50-38-16-5-2-6-17-38)25-24-31-21-19-30-20-22-35(28-39(30)41(31)42)34-14-9-15-36(27-34)44-47-43(32-11-3-1-4-12-32)48-45(49-44)37-23-18-29-10-7-8-13-33(29)26-37/h1-28,46,50H/b46-42?,51-40-. The predicted molar refractivity (Wildman–Crippen MR) is 210 cm³/mol. The molecule has 1 aliphatic rings. The molecule has 8 aromatic rings. The Hall–Kier alpha value is -7.05. The lowest BCUT2D eigenvalue weighted by Crippen LogP contribution is -2.18. The highest BCUT2D eigenvalue weighted by Gasteiger charge is 2.20. The Morgan fingerprint density at radius 3 is 1.84 bits per heavy atom. The molecule has 0 fully saturated rings. The van der Waals surface area contributed by atoms with Gasteiger partial charge in [0.2, 0.25) is 0 Å². The lowest BCUT2D eigenvalue weighted by atomic mass is 9.88. The molecule has 0 bridgehead atoms. The molecule has 1 heterocycles. The Balaban J connectivity index is 1.12. The Morgan fingerprint density at radius 2 is 1.04 bits per heavy atom. The van der Waals surface area contributed by atoms with Gasteiger partial charge in [-0.1, -0.05) is 133 Å². The third-order valence-electron chi connectivity index (χ3n) is 9.19. The first kappa shape index (κ1) is 30.0. The van der Waals surface area contributed by atoms with E-state index in [0.717, 1.165) is 60.8 Å². The fraction of sp³-hybridized carbons (Fsp3) is 0. The largest absolute Gasteiger partial charge is 0.298 e. The quantitative estimate of drug-likeness (QED) is 0.175. The van der Waals surface area contributed by atoms with Gasteiger partial charge in [0.05, 0.1) is 11.4 Å². The Labute approximate surface area is 295 Å². The summed E-state index contributed by atoms with van der Waals surface area (Å²) in [5.74, 6) is 1.85. The zero-order valence-electron chi connectivity index (χ0n) is 27.5. The van der Waals surface area contributed by atoms with Crippen molar-refractivity contribution in [3.8, 4) is 45.3 Å². The first-order valence-corrected chi connectivity index (χ1v) is 16.8. The van der Waals surface area contributed by atoms with Crippen LogP contribution in [0.15, 0.2) is 169 Å². The molecule has 0 amide bonds. The zero-order chi connectivity index (χ0) is 34.1. The van der Waals surface area contributed by atoms with Crippen molar-refractivity contribution in [3.05, 3.63) is 175 Å². The molecule has 2 N–H and O–H groups in total. The van der Waals surface area contributed by atoms with Gasteiger partial charge < -0.3 is 0 Å². The number of anilines is 1. The van der Waals surface area contributed by atoms with Crippen molar-refractivity contribution >= 4 is 44.7 Å². The Kier molecular flexibility index (Phi) is 7.52. The van der Waals surface area contributed by atoms with E-state index in [-0.39, 0.29) is 0 Å². The minimum atomic E-state index is 0.382. The van der Waals surface area contributed by atoms with Crippen LogP contribution in [0.1, 0.15) is 11.1 Å². The highest BCUT2D eigenvalue weighted by atomic mass is 15.3. The number of hydrazone groups is 1. The van der Waals surface area contributed by atoms with Crippen LogP contribution in [0.5, 0.6) is 0 Å². The molecule has 7 aromatic carbocycles. The second-order valence-electron chi connectivity index (χ2n) is 12.5. The number of aromatic nitrogens is 3. The summed E-state index contributed by atoms with van der Waals surface area (Å²) in [4.78, 5) is 15.0. The van der Waals surface area contributed by atoms with Crippen molar-refractivity contribution in [2.24, 2.45) is 5.10 Å². The van der Waals surface area contributed by atoms with Gasteiger partial charge in [0.15, 0.2) is 17.5 Å². The molecular weight excluding hydrogens is 625 g/mol. The summed E-state index contributed by atoms with van der Waals surface area (Å²) in [5, 5.41) is 18.1. The van der Waals surface area contributed by atoms with Gasteiger partial charge in [0.25, 0.3) is 0 Å². The molecule has 0 aliphatic heterocycles. The molecule has 240 valence electrons. The summed E-state index contributed by atoms with van der Waals surface area (Å²) >= 11 is 0. The number of hydrogen-bond donors (Lipinski definition) is 2. The molecule has 0 saturated heterocycles. The van der Waals surface area contributed by atoms with Gasteiger partial charge in [-0.25, -0.2) is 15.0 Å². The van der Waals surface area contributed by atoms with Crippen LogP contribution in [0.3, 0.4) is 0 Å². The van der Waals surface area contributed by atoms with Crippen LogP contribution >= 0.6 is 0 Å². The topological polar surface area (TPSA) is 86.9 Å². The molecule has 1 aliphatic carbocycles. The van der Waals surface area contributed by atoms with Gasteiger partial charge in [-0.3, -0.25) is 10.8 Å². The average Bonchev–Trinajstić information content (AvgIpc) is 3.20. The summed E-state index contributed by atoms with van der Waals surface area (Å²) < 4.78 is 0. The summed E-state index contributed by atoms with van der Waals surface area (Å²) in [6.07, 6.45) is 3.92. The third kappa shape index (κ3) is 5.85. The number of benzene rings is 7. The molecule has 9 rings (SSSR count). The lowest BCUT2D eigenvalue weighted by Gasteiger charge is -2.17. The smallest absolute Gasteiger partial charge is 0.164 e. The maximum atomic E-state index is 9.18. The second-order valence-corrected chi connectivity index (χ2v) is 12.5. The molecule has 0 unspecified atom stereocenters. The van der Waals surface area contributed by atoms with Crippen LogP contribution in [0, 0.1) is 5.41 Å². The highest BCUT2D eigenvalue weighted by Crippen LogP contribution is 2.34. The molecule has 0 spiro atoms. The van der Waals surface area contributed by atoms with Crippen molar-refractivity contribution in [2.75, 3.05) is 5.43 Å². The molecule has 0 radical (unpaired) electrons. The number of hydrogen-bond acceptors (Lipinski definition) is 6. The molecule has 6 heteroatoms. The average molecular weight is 655 g/mol. The van der Waals surface area contributed by atoms with Gasteiger partial charge in [-0.05, 0) is 74.6 Å². The van der Waals surface area contributed by atoms with E-state index in [1.807, 2.05) is 97.1 Å². The van der Waals surface area contributed by atoms with E-state index in [4.69, 9.17) is 15.0 Å². The van der Waals surface area contributed by atoms with Gasteiger partial charge in [-0.2, -0.15) is 5.10 Å². The summed E-state index contributed by atoms with van der Waals surface area (Å²) in [6, 6.07) is 53.4. The van der Waals surface area contributed by atoms with Gasteiger partial charge in [0.1, 0.15) is 5.71 Å². The highest BCUT2D eigenvalue weighted by molar-refractivity contribution is 6.55. The molecule has 51 heavy (non-hydrogen) atoms.